The molecule has 4 nitrogen and oxygen atoms in total. The average molecular weight is 216 g/mol. The molecule has 3 N–H and O–H groups in total. The van der Waals surface area contributed by atoms with E-state index in [9.17, 15) is 0 Å². The fourth-order valence-electron chi connectivity index (χ4n) is 2.02. The van der Waals surface area contributed by atoms with Crippen LogP contribution in [0.3, 0.4) is 0 Å². The maximum atomic E-state index is 6.24. The molecular formula is C12H16N4. The summed E-state index contributed by atoms with van der Waals surface area (Å²) >= 11 is 0. The van der Waals surface area contributed by atoms with Crippen LogP contribution in [0.15, 0.2) is 12.3 Å². The van der Waals surface area contributed by atoms with E-state index in [0.29, 0.717) is 5.92 Å². The molecule has 1 saturated carbocycles. The summed E-state index contributed by atoms with van der Waals surface area (Å²) in [6.07, 6.45) is 3.92. The molecule has 2 aromatic rings. The SMILES string of the molecule is CC(C)c1nc2nccc(C3(N)CC3)c2[nH]1. The van der Waals surface area contributed by atoms with E-state index < -0.39 is 0 Å². The van der Waals surface area contributed by atoms with E-state index in [1.807, 2.05) is 6.07 Å². The molecule has 1 aliphatic carbocycles. The summed E-state index contributed by atoms with van der Waals surface area (Å²) in [7, 11) is 0. The highest BCUT2D eigenvalue weighted by Gasteiger charge is 2.41. The molecule has 4 heteroatoms. The zero-order chi connectivity index (χ0) is 11.3. The predicted molar refractivity (Wildman–Crippen MR) is 63.1 cm³/mol. The number of nitrogens with zero attached hydrogens (tertiary/aromatic N) is 2. The Morgan fingerprint density at radius 3 is 2.81 bits per heavy atom. The van der Waals surface area contributed by atoms with Crippen molar-refractivity contribution in [3.8, 4) is 0 Å². The van der Waals surface area contributed by atoms with Crippen molar-refractivity contribution in [2.75, 3.05) is 0 Å². The molecule has 84 valence electrons. The first kappa shape index (κ1) is 9.78. The topological polar surface area (TPSA) is 67.6 Å². The van der Waals surface area contributed by atoms with Gasteiger partial charge in [-0.2, -0.15) is 0 Å². The van der Waals surface area contributed by atoms with Gasteiger partial charge >= 0.3 is 0 Å². The van der Waals surface area contributed by atoms with Crippen molar-refractivity contribution in [3.05, 3.63) is 23.7 Å². The van der Waals surface area contributed by atoms with E-state index in [-0.39, 0.29) is 5.54 Å². The van der Waals surface area contributed by atoms with E-state index in [2.05, 4.69) is 28.8 Å². The number of hydrogen-bond donors (Lipinski definition) is 2. The van der Waals surface area contributed by atoms with Crippen molar-refractivity contribution < 1.29 is 0 Å². The molecule has 0 aromatic carbocycles. The first-order chi connectivity index (χ1) is 7.60. The maximum absolute atomic E-state index is 6.24. The van der Waals surface area contributed by atoms with Crippen LogP contribution in [0.4, 0.5) is 0 Å². The van der Waals surface area contributed by atoms with Gasteiger partial charge in [0.15, 0.2) is 5.65 Å². The summed E-state index contributed by atoms with van der Waals surface area (Å²) < 4.78 is 0. The van der Waals surface area contributed by atoms with E-state index in [4.69, 9.17) is 5.73 Å². The van der Waals surface area contributed by atoms with Gasteiger partial charge in [-0.05, 0) is 18.9 Å². The molecule has 1 aliphatic rings. The molecule has 3 rings (SSSR count). The molecule has 2 aromatic heterocycles. The highest BCUT2D eigenvalue weighted by Crippen LogP contribution is 2.44. The molecule has 0 saturated heterocycles. The summed E-state index contributed by atoms with van der Waals surface area (Å²) in [4.78, 5) is 12.1. The minimum absolute atomic E-state index is 0.137. The van der Waals surface area contributed by atoms with Crippen LogP contribution in [0, 0.1) is 0 Å². The smallest absolute Gasteiger partial charge is 0.178 e. The number of pyridine rings is 1. The minimum Gasteiger partial charge on any atom is -0.340 e. The Hall–Kier alpha value is -1.42. The fraction of sp³-hybridized carbons (Fsp3) is 0.500. The van der Waals surface area contributed by atoms with Crippen molar-refractivity contribution in [2.45, 2.75) is 38.1 Å². The second-order valence-corrected chi connectivity index (χ2v) is 4.99. The number of aromatic amines is 1. The second kappa shape index (κ2) is 3.04. The Kier molecular flexibility index (Phi) is 1.86. The lowest BCUT2D eigenvalue weighted by Gasteiger charge is -2.08. The van der Waals surface area contributed by atoms with Gasteiger partial charge in [-0.3, -0.25) is 0 Å². The van der Waals surface area contributed by atoms with Crippen molar-refractivity contribution in [1.29, 1.82) is 0 Å². The zero-order valence-corrected chi connectivity index (χ0v) is 9.62. The van der Waals surface area contributed by atoms with Crippen LogP contribution in [-0.4, -0.2) is 15.0 Å². The first-order valence-corrected chi connectivity index (χ1v) is 5.74. The predicted octanol–water partition coefficient (Wildman–Crippen LogP) is 2.03. The van der Waals surface area contributed by atoms with Gasteiger partial charge in [-0.15, -0.1) is 0 Å². The summed E-state index contributed by atoms with van der Waals surface area (Å²) in [6, 6.07) is 2.01. The van der Waals surface area contributed by atoms with Crippen molar-refractivity contribution in [2.24, 2.45) is 5.73 Å². The Balaban J connectivity index is 2.22. The molecule has 1 fully saturated rings. The Bertz CT molecular complexity index is 537. The number of fused-ring (bicyclic) bond motifs is 1. The molecule has 16 heavy (non-hydrogen) atoms. The van der Waals surface area contributed by atoms with E-state index in [0.717, 1.165) is 35.4 Å². The first-order valence-electron chi connectivity index (χ1n) is 5.74. The monoisotopic (exact) mass is 216 g/mol. The van der Waals surface area contributed by atoms with E-state index in [1.165, 1.54) is 0 Å². The van der Waals surface area contributed by atoms with Crippen LogP contribution >= 0.6 is 0 Å². The number of nitrogens with one attached hydrogen (secondary N) is 1. The Morgan fingerprint density at radius 1 is 1.44 bits per heavy atom. The second-order valence-electron chi connectivity index (χ2n) is 4.99. The highest BCUT2D eigenvalue weighted by molar-refractivity contribution is 5.76. The van der Waals surface area contributed by atoms with Crippen molar-refractivity contribution in [1.82, 2.24) is 15.0 Å². The number of nitrogens with two attached hydrogens (primary N) is 1. The van der Waals surface area contributed by atoms with Gasteiger partial charge in [0.1, 0.15) is 5.82 Å². The van der Waals surface area contributed by atoms with Gasteiger partial charge in [-0.25, -0.2) is 9.97 Å². The van der Waals surface area contributed by atoms with Crippen LogP contribution < -0.4 is 5.73 Å². The van der Waals surface area contributed by atoms with Gasteiger partial charge in [0.2, 0.25) is 0 Å². The van der Waals surface area contributed by atoms with Crippen LogP contribution in [-0.2, 0) is 5.54 Å². The molecule has 0 amide bonds. The molecule has 2 heterocycles. The minimum atomic E-state index is -0.137. The average Bonchev–Trinajstić information content (AvgIpc) is 2.84. The third-order valence-electron chi connectivity index (χ3n) is 3.28. The summed E-state index contributed by atoms with van der Waals surface area (Å²) in [5.41, 5.74) is 9.08. The third kappa shape index (κ3) is 1.33. The molecule has 0 radical (unpaired) electrons. The van der Waals surface area contributed by atoms with Gasteiger partial charge in [-0.1, -0.05) is 13.8 Å². The zero-order valence-electron chi connectivity index (χ0n) is 9.62. The lowest BCUT2D eigenvalue weighted by atomic mass is 10.1. The summed E-state index contributed by atoms with van der Waals surface area (Å²) in [6.45, 7) is 4.24. The third-order valence-corrected chi connectivity index (χ3v) is 3.28. The van der Waals surface area contributed by atoms with Gasteiger partial charge in [0.25, 0.3) is 0 Å². The Labute approximate surface area is 94.3 Å². The quantitative estimate of drug-likeness (QED) is 0.807. The maximum Gasteiger partial charge on any atom is 0.178 e. The molecule has 0 spiro atoms. The highest BCUT2D eigenvalue weighted by atomic mass is 15.0. The summed E-state index contributed by atoms with van der Waals surface area (Å²) in [5, 5.41) is 0. The van der Waals surface area contributed by atoms with Crippen LogP contribution in [0.5, 0.6) is 0 Å². The van der Waals surface area contributed by atoms with Crippen molar-refractivity contribution in [3.63, 3.8) is 0 Å². The molecule has 0 atom stereocenters. The normalized spacial score (nSPS) is 18.2. The Morgan fingerprint density at radius 2 is 2.19 bits per heavy atom. The van der Waals surface area contributed by atoms with Gasteiger partial charge in [0.05, 0.1) is 5.52 Å². The number of hydrogen-bond acceptors (Lipinski definition) is 3. The van der Waals surface area contributed by atoms with Gasteiger partial charge in [0, 0.05) is 23.2 Å². The lowest BCUT2D eigenvalue weighted by molar-refractivity contribution is 0.743. The van der Waals surface area contributed by atoms with Crippen LogP contribution in [0.25, 0.3) is 11.2 Å². The number of rotatable bonds is 2. The standard InChI is InChI=1S/C12H16N4/c1-7(2)10-15-9-8(12(13)4-5-12)3-6-14-11(9)16-10/h3,6-7H,4-5,13H2,1-2H3,(H,14,15,16). The van der Waals surface area contributed by atoms with Crippen LogP contribution in [0.1, 0.15) is 44.0 Å². The lowest BCUT2D eigenvalue weighted by Crippen LogP contribution is -2.19. The largest absolute Gasteiger partial charge is 0.340 e. The fourth-order valence-corrected chi connectivity index (χ4v) is 2.02. The van der Waals surface area contributed by atoms with E-state index in [1.54, 1.807) is 6.20 Å². The number of aromatic nitrogens is 3. The molecular weight excluding hydrogens is 200 g/mol. The molecule has 0 unspecified atom stereocenters. The molecule has 0 aliphatic heterocycles. The summed E-state index contributed by atoms with van der Waals surface area (Å²) in [5.74, 6) is 1.37. The van der Waals surface area contributed by atoms with E-state index >= 15 is 0 Å². The van der Waals surface area contributed by atoms with Crippen LogP contribution in [0.2, 0.25) is 0 Å². The molecule has 0 bridgehead atoms. The number of imidazole rings is 1. The van der Waals surface area contributed by atoms with Gasteiger partial charge < -0.3 is 10.7 Å². The number of H-pyrrole nitrogens is 1. The van der Waals surface area contributed by atoms with Crippen molar-refractivity contribution >= 4 is 11.2 Å².